The Morgan fingerprint density at radius 1 is 1.44 bits per heavy atom. The number of hydrogen-bond donors (Lipinski definition) is 1. The third kappa shape index (κ3) is 3.84. The second-order valence-corrected chi connectivity index (χ2v) is 5.71. The number of unbranched alkanes of at least 4 members (excludes halogenated alkanes) is 1. The maximum absolute atomic E-state index is 11.7. The molecule has 0 unspecified atom stereocenters. The van der Waals surface area contributed by atoms with Gasteiger partial charge in [-0.3, -0.25) is 9.36 Å². The number of aromatic amines is 1. The third-order valence-corrected chi connectivity index (χ3v) is 3.32. The van der Waals surface area contributed by atoms with Gasteiger partial charge < -0.3 is 4.98 Å². The number of aromatic nitrogens is 2. The summed E-state index contributed by atoms with van der Waals surface area (Å²) in [5.74, 6) is 0. The fraction of sp³-hybridized carbons (Fsp3) is 0.583. The lowest BCUT2D eigenvalue weighted by molar-refractivity contribution is 0.413. The predicted molar refractivity (Wildman–Crippen MR) is 72.3 cm³/mol. The van der Waals surface area contributed by atoms with Crippen molar-refractivity contribution in [2.75, 3.05) is 0 Å². The minimum absolute atomic E-state index is 0.321. The number of nitriles is 1. The lowest BCUT2D eigenvalue weighted by atomic mass is 9.89. The highest BCUT2D eigenvalue weighted by Gasteiger charge is 2.15. The van der Waals surface area contributed by atoms with Crippen molar-refractivity contribution in [1.29, 1.82) is 5.26 Å². The molecule has 0 radical (unpaired) electrons. The first-order valence-corrected chi connectivity index (χ1v) is 6.56. The van der Waals surface area contributed by atoms with E-state index in [0.29, 0.717) is 17.4 Å². The van der Waals surface area contributed by atoms with Gasteiger partial charge in [-0.25, -0.2) is 4.79 Å². The van der Waals surface area contributed by atoms with E-state index < -0.39 is 5.69 Å². The summed E-state index contributed by atoms with van der Waals surface area (Å²) in [7, 11) is 0. The van der Waals surface area contributed by atoms with Gasteiger partial charge in [-0.15, -0.1) is 0 Å². The molecule has 1 heterocycles. The molecule has 98 valence electrons. The molecule has 0 spiro atoms. The van der Waals surface area contributed by atoms with Crippen LogP contribution in [0.5, 0.6) is 0 Å². The fourth-order valence-electron chi connectivity index (χ4n) is 1.58. The van der Waals surface area contributed by atoms with Gasteiger partial charge in [0.1, 0.15) is 0 Å². The molecule has 1 N–H and O–H groups in total. The molecule has 0 aliphatic heterocycles. The second kappa shape index (κ2) is 6.01. The van der Waals surface area contributed by atoms with E-state index in [1.54, 1.807) is 0 Å². The van der Waals surface area contributed by atoms with Gasteiger partial charge in [-0.05, 0) is 42.6 Å². The summed E-state index contributed by atoms with van der Waals surface area (Å²) in [6.07, 6.45) is 3.60. The van der Waals surface area contributed by atoms with Crippen molar-refractivity contribution in [1.82, 2.24) is 9.55 Å². The van der Waals surface area contributed by atoms with Gasteiger partial charge in [0.25, 0.3) is 5.56 Å². The highest BCUT2D eigenvalue weighted by molar-refractivity contribution is 9.10. The Kier molecular flexibility index (Phi) is 4.91. The summed E-state index contributed by atoms with van der Waals surface area (Å²) in [5.41, 5.74) is -1.07. The first kappa shape index (κ1) is 14.7. The van der Waals surface area contributed by atoms with Gasteiger partial charge in [-0.1, -0.05) is 6.42 Å². The predicted octanol–water partition coefficient (Wildman–Crippen LogP) is 2.02. The van der Waals surface area contributed by atoms with Crippen molar-refractivity contribution < 1.29 is 0 Å². The summed E-state index contributed by atoms with van der Waals surface area (Å²) in [5, 5.41) is 8.87. The van der Waals surface area contributed by atoms with Crippen LogP contribution < -0.4 is 11.2 Å². The summed E-state index contributed by atoms with van der Waals surface area (Å²) >= 11 is 3.09. The number of rotatable bonds is 5. The quantitative estimate of drug-likeness (QED) is 0.845. The van der Waals surface area contributed by atoms with Crippen LogP contribution in [0.25, 0.3) is 0 Å². The second-order valence-electron chi connectivity index (χ2n) is 4.85. The number of hydrogen-bond acceptors (Lipinski definition) is 3. The highest BCUT2D eigenvalue weighted by Crippen LogP contribution is 2.21. The lowest BCUT2D eigenvalue weighted by Gasteiger charge is -2.14. The third-order valence-electron chi connectivity index (χ3n) is 2.75. The Labute approximate surface area is 114 Å². The van der Waals surface area contributed by atoms with Crippen LogP contribution in [-0.2, 0) is 6.54 Å². The molecule has 0 amide bonds. The van der Waals surface area contributed by atoms with Crippen molar-refractivity contribution in [2.45, 2.75) is 39.7 Å². The molecule has 1 aromatic rings. The Balaban J connectivity index is 2.61. The van der Waals surface area contributed by atoms with E-state index in [4.69, 9.17) is 5.26 Å². The molecule has 6 heteroatoms. The van der Waals surface area contributed by atoms with Gasteiger partial charge in [0.15, 0.2) is 0 Å². The van der Waals surface area contributed by atoms with Crippen molar-refractivity contribution in [3.8, 4) is 6.07 Å². The zero-order valence-electron chi connectivity index (χ0n) is 10.5. The smallest absolute Gasteiger partial charge is 0.313 e. The molecule has 0 atom stereocenters. The zero-order chi connectivity index (χ0) is 13.8. The van der Waals surface area contributed by atoms with Gasteiger partial charge >= 0.3 is 5.69 Å². The van der Waals surface area contributed by atoms with Crippen LogP contribution in [0.3, 0.4) is 0 Å². The highest BCUT2D eigenvalue weighted by atomic mass is 79.9. The number of halogens is 1. The topological polar surface area (TPSA) is 78.7 Å². The molecule has 0 saturated heterocycles. The summed E-state index contributed by atoms with van der Waals surface area (Å²) in [6.45, 7) is 4.13. The summed E-state index contributed by atoms with van der Waals surface area (Å²) < 4.78 is 1.52. The van der Waals surface area contributed by atoms with Gasteiger partial charge in [-0.2, -0.15) is 5.26 Å². The van der Waals surface area contributed by atoms with Crippen molar-refractivity contribution in [3.05, 3.63) is 31.5 Å². The number of H-pyrrole nitrogens is 1. The van der Waals surface area contributed by atoms with Crippen LogP contribution in [0.1, 0.15) is 33.1 Å². The van der Waals surface area contributed by atoms with Crippen LogP contribution in [0.15, 0.2) is 20.3 Å². The zero-order valence-corrected chi connectivity index (χ0v) is 12.1. The minimum atomic E-state index is -0.400. The minimum Gasteiger partial charge on any atom is -0.313 e. The van der Waals surface area contributed by atoms with E-state index in [-0.39, 0.29) is 11.0 Å². The van der Waals surface area contributed by atoms with E-state index in [9.17, 15) is 9.59 Å². The van der Waals surface area contributed by atoms with E-state index in [2.05, 4.69) is 27.0 Å². The van der Waals surface area contributed by atoms with E-state index >= 15 is 0 Å². The standard InChI is InChI=1S/C12H16BrN3O2/c1-12(2,8-14)5-3-4-6-16-10(17)9(13)7-15-11(16)18/h7H,3-6H2,1-2H3,(H,15,18). The van der Waals surface area contributed by atoms with Crippen LogP contribution in [0.4, 0.5) is 0 Å². The monoisotopic (exact) mass is 313 g/mol. The van der Waals surface area contributed by atoms with E-state index in [1.807, 2.05) is 13.8 Å². The van der Waals surface area contributed by atoms with Crippen molar-refractivity contribution in [2.24, 2.45) is 5.41 Å². The van der Waals surface area contributed by atoms with Crippen LogP contribution >= 0.6 is 15.9 Å². The van der Waals surface area contributed by atoms with E-state index in [0.717, 1.165) is 12.8 Å². The molecule has 0 fully saturated rings. The fourth-order valence-corrected chi connectivity index (χ4v) is 1.91. The summed E-state index contributed by atoms with van der Waals surface area (Å²) in [6, 6.07) is 2.23. The maximum Gasteiger partial charge on any atom is 0.328 e. The van der Waals surface area contributed by atoms with Gasteiger partial charge in [0.2, 0.25) is 0 Å². The van der Waals surface area contributed by atoms with Crippen LogP contribution in [-0.4, -0.2) is 9.55 Å². The average Bonchev–Trinajstić information content (AvgIpc) is 2.33. The molecule has 0 saturated carbocycles. The average molecular weight is 314 g/mol. The Bertz CT molecular complexity index is 566. The lowest BCUT2D eigenvalue weighted by Crippen LogP contribution is -2.35. The molecule has 1 rings (SSSR count). The number of nitrogens with zero attached hydrogens (tertiary/aromatic N) is 2. The molecule has 0 aromatic carbocycles. The SMILES string of the molecule is CC(C)(C#N)CCCCn1c(=O)[nH]cc(Br)c1=O. The Hall–Kier alpha value is -1.35. The van der Waals surface area contributed by atoms with Gasteiger partial charge in [0.05, 0.1) is 16.0 Å². The van der Waals surface area contributed by atoms with Crippen LogP contribution in [0, 0.1) is 16.7 Å². The van der Waals surface area contributed by atoms with Crippen molar-refractivity contribution in [3.63, 3.8) is 0 Å². The van der Waals surface area contributed by atoms with Crippen LogP contribution in [0.2, 0.25) is 0 Å². The molecular weight excluding hydrogens is 298 g/mol. The Morgan fingerprint density at radius 2 is 2.11 bits per heavy atom. The number of nitrogens with one attached hydrogen (secondary N) is 1. The first-order chi connectivity index (χ1) is 8.37. The molecule has 18 heavy (non-hydrogen) atoms. The van der Waals surface area contributed by atoms with Gasteiger partial charge in [0, 0.05) is 12.7 Å². The van der Waals surface area contributed by atoms with Crippen molar-refractivity contribution >= 4 is 15.9 Å². The largest absolute Gasteiger partial charge is 0.328 e. The molecule has 1 aromatic heterocycles. The first-order valence-electron chi connectivity index (χ1n) is 5.77. The molecule has 5 nitrogen and oxygen atoms in total. The van der Waals surface area contributed by atoms with E-state index in [1.165, 1.54) is 10.8 Å². The molecule has 0 aliphatic rings. The Morgan fingerprint density at radius 3 is 2.72 bits per heavy atom. The molecule has 0 aliphatic carbocycles. The summed E-state index contributed by atoms with van der Waals surface area (Å²) in [4.78, 5) is 25.6. The molecular formula is C12H16BrN3O2. The maximum atomic E-state index is 11.7. The normalized spacial score (nSPS) is 11.2. The molecule has 0 bridgehead atoms.